The SMILES string of the molecule is NC(=O)C1C=CC=CN1c1cc2cn(C3CCC(CO)CC3)nc2cc1C(F)F. The fourth-order valence-electron chi connectivity index (χ4n) is 4.23. The molecule has 1 aliphatic carbocycles. The third-order valence-corrected chi connectivity index (χ3v) is 5.87. The molecule has 154 valence electrons. The number of hydrogen-bond acceptors (Lipinski definition) is 4. The number of anilines is 1. The van der Waals surface area contributed by atoms with E-state index in [1.165, 1.54) is 11.0 Å². The number of nitrogens with two attached hydrogens (primary N) is 1. The van der Waals surface area contributed by atoms with Gasteiger partial charge in [-0.1, -0.05) is 12.2 Å². The first-order valence-electron chi connectivity index (χ1n) is 9.82. The number of carbonyl (C=O) groups excluding carboxylic acids is 1. The van der Waals surface area contributed by atoms with Crippen LogP contribution in [0.25, 0.3) is 10.9 Å². The molecule has 1 fully saturated rings. The molecule has 2 aliphatic rings. The normalized spacial score (nSPS) is 24.6. The molecule has 6 nitrogen and oxygen atoms in total. The molecule has 3 N–H and O–H groups in total. The van der Waals surface area contributed by atoms with Crippen LogP contribution in [0.4, 0.5) is 14.5 Å². The van der Waals surface area contributed by atoms with Crippen molar-refractivity contribution in [1.82, 2.24) is 9.78 Å². The Kier molecular flexibility index (Phi) is 5.36. The van der Waals surface area contributed by atoms with Crippen LogP contribution in [-0.2, 0) is 4.79 Å². The maximum Gasteiger partial charge on any atom is 0.265 e. The molecule has 1 aromatic heterocycles. The van der Waals surface area contributed by atoms with E-state index >= 15 is 0 Å². The second-order valence-corrected chi connectivity index (χ2v) is 7.72. The topological polar surface area (TPSA) is 84.4 Å². The van der Waals surface area contributed by atoms with Gasteiger partial charge >= 0.3 is 0 Å². The van der Waals surface area contributed by atoms with Gasteiger partial charge in [-0.3, -0.25) is 9.48 Å². The number of fused-ring (bicyclic) bond motifs is 1. The Hall–Kier alpha value is -2.74. The number of aliphatic hydroxyl groups is 1. The Labute approximate surface area is 167 Å². The van der Waals surface area contributed by atoms with E-state index < -0.39 is 18.4 Å². The minimum absolute atomic E-state index is 0.182. The maximum absolute atomic E-state index is 13.8. The molecule has 1 aromatic carbocycles. The highest BCUT2D eigenvalue weighted by Gasteiger charge is 2.28. The van der Waals surface area contributed by atoms with E-state index in [0.29, 0.717) is 11.4 Å². The molecule has 29 heavy (non-hydrogen) atoms. The minimum atomic E-state index is -2.72. The Balaban J connectivity index is 1.72. The predicted molar refractivity (Wildman–Crippen MR) is 107 cm³/mol. The number of aromatic nitrogens is 2. The molecule has 1 aliphatic heterocycles. The van der Waals surface area contributed by atoms with Gasteiger partial charge in [0, 0.05) is 30.0 Å². The number of benzene rings is 1. The van der Waals surface area contributed by atoms with Crippen molar-refractivity contribution >= 4 is 22.5 Å². The van der Waals surface area contributed by atoms with Gasteiger partial charge in [0.2, 0.25) is 5.91 Å². The Morgan fingerprint density at radius 3 is 2.66 bits per heavy atom. The first-order valence-corrected chi connectivity index (χ1v) is 9.82. The number of rotatable bonds is 5. The van der Waals surface area contributed by atoms with Crippen molar-refractivity contribution in [2.75, 3.05) is 11.5 Å². The lowest BCUT2D eigenvalue weighted by Crippen LogP contribution is -2.42. The third-order valence-electron chi connectivity index (χ3n) is 5.87. The van der Waals surface area contributed by atoms with Crippen LogP contribution in [-0.4, -0.2) is 33.4 Å². The zero-order chi connectivity index (χ0) is 20.5. The van der Waals surface area contributed by atoms with E-state index in [0.717, 1.165) is 31.1 Å². The highest BCUT2D eigenvalue weighted by molar-refractivity contribution is 5.90. The Bertz CT molecular complexity index is 961. The Morgan fingerprint density at radius 1 is 1.24 bits per heavy atom. The molecule has 2 heterocycles. The van der Waals surface area contributed by atoms with Crippen LogP contribution in [0, 0.1) is 5.92 Å². The highest BCUT2D eigenvalue weighted by atomic mass is 19.3. The van der Waals surface area contributed by atoms with Crippen molar-refractivity contribution < 1.29 is 18.7 Å². The van der Waals surface area contributed by atoms with Gasteiger partial charge in [-0.2, -0.15) is 5.10 Å². The fraction of sp³-hybridized carbons (Fsp3) is 0.429. The molecule has 1 saturated carbocycles. The minimum Gasteiger partial charge on any atom is -0.396 e. The van der Waals surface area contributed by atoms with Crippen LogP contribution < -0.4 is 10.6 Å². The van der Waals surface area contributed by atoms with E-state index in [1.807, 2.05) is 10.9 Å². The number of allylic oxidation sites excluding steroid dienone is 2. The first kappa shape index (κ1) is 19.6. The van der Waals surface area contributed by atoms with Crippen molar-refractivity contribution in [1.29, 1.82) is 0 Å². The maximum atomic E-state index is 13.8. The van der Waals surface area contributed by atoms with E-state index in [2.05, 4.69) is 5.10 Å². The summed E-state index contributed by atoms with van der Waals surface area (Å²) >= 11 is 0. The van der Waals surface area contributed by atoms with Crippen LogP contribution in [0.3, 0.4) is 0 Å². The summed E-state index contributed by atoms with van der Waals surface area (Å²) < 4.78 is 29.5. The van der Waals surface area contributed by atoms with Crippen molar-refractivity contribution in [3.8, 4) is 0 Å². The molecule has 1 atom stereocenters. The Morgan fingerprint density at radius 2 is 2.00 bits per heavy atom. The number of hydrogen-bond donors (Lipinski definition) is 2. The van der Waals surface area contributed by atoms with Gasteiger partial charge in [-0.15, -0.1) is 0 Å². The van der Waals surface area contributed by atoms with Crippen LogP contribution in [0.1, 0.15) is 43.7 Å². The lowest BCUT2D eigenvalue weighted by Gasteiger charge is -2.29. The molecule has 0 bridgehead atoms. The third kappa shape index (κ3) is 3.76. The highest BCUT2D eigenvalue weighted by Crippen LogP contribution is 2.37. The van der Waals surface area contributed by atoms with E-state index in [-0.39, 0.29) is 23.9 Å². The molecule has 1 unspecified atom stereocenters. The van der Waals surface area contributed by atoms with Crippen LogP contribution >= 0.6 is 0 Å². The average Bonchev–Trinajstić information content (AvgIpc) is 3.16. The molecule has 1 amide bonds. The summed E-state index contributed by atoms with van der Waals surface area (Å²) in [6.45, 7) is 0.202. The van der Waals surface area contributed by atoms with Crippen molar-refractivity contribution in [2.24, 2.45) is 11.7 Å². The number of amides is 1. The first-order chi connectivity index (χ1) is 14.0. The summed E-state index contributed by atoms with van der Waals surface area (Å²) in [5, 5.41) is 14.6. The van der Waals surface area contributed by atoms with Gasteiger partial charge in [-0.25, -0.2) is 8.78 Å². The number of nitrogens with zero attached hydrogens (tertiary/aromatic N) is 3. The number of aliphatic hydroxyl groups excluding tert-OH is 1. The summed E-state index contributed by atoms with van der Waals surface area (Å²) in [7, 11) is 0. The molecule has 0 saturated heterocycles. The molecule has 0 radical (unpaired) electrons. The smallest absolute Gasteiger partial charge is 0.265 e. The monoisotopic (exact) mass is 402 g/mol. The van der Waals surface area contributed by atoms with E-state index in [9.17, 15) is 18.7 Å². The zero-order valence-corrected chi connectivity index (χ0v) is 15.9. The summed E-state index contributed by atoms with van der Waals surface area (Å²) in [5.74, 6) is -0.278. The zero-order valence-electron chi connectivity index (χ0n) is 15.9. The van der Waals surface area contributed by atoms with Gasteiger partial charge in [-0.05, 0) is 49.8 Å². The summed E-state index contributed by atoms with van der Waals surface area (Å²) in [6, 6.07) is 2.42. The van der Waals surface area contributed by atoms with Crippen LogP contribution in [0.2, 0.25) is 0 Å². The van der Waals surface area contributed by atoms with Gasteiger partial charge in [0.1, 0.15) is 6.04 Å². The summed E-state index contributed by atoms with van der Waals surface area (Å²) in [6.07, 6.45) is 9.34. The average molecular weight is 402 g/mol. The summed E-state index contributed by atoms with van der Waals surface area (Å²) in [5.41, 5.74) is 6.04. The number of primary amides is 1. The lowest BCUT2D eigenvalue weighted by atomic mass is 9.87. The van der Waals surface area contributed by atoms with Gasteiger partial charge in [0.15, 0.2) is 0 Å². The second-order valence-electron chi connectivity index (χ2n) is 7.72. The van der Waals surface area contributed by atoms with Crippen molar-refractivity contribution in [3.05, 3.63) is 48.3 Å². The van der Waals surface area contributed by atoms with E-state index in [4.69, 9.17) is 5.73 Å². The number of carbonyl (C=O) groups is 1. The van der Waals surface area contributed by atoms with Crippen molar-refractivity contribution in [3.63, 3.8) is 0 Å². The molecular formula is C21H24F2N4O2. The molecule has 2 aromatic rings. The van der Waals surface area contributed by atoms with E-state index in [1.54, 1.807) is 30.5 Å². The van der Waals surface area contributed by atoms with Gasteiger partial charge in [0.05, 0.1) is 17.2 Å². The van der Waals surface area contributed by atoms with Crippen LogP contribution in [0.15, 0.2) is 42.8 Å². The predicted octanol–water partition coefficient (Wildman–Crippen LogP) is 3.44. The standard InChI is InChI=1S/C21H24F2N4O2/c22-20(23)16-10-17-14(9-19(16)26-8-2-1-3-18(26)21(24)29)11-27(25-17)15-6-4-13(12-28)5-7-15/h1-3,8-11,13,15,18,20,28H,4-7,12H2,(H2,24,29). The van der Waals surface area contributed by atoms with Gasteiger partial charge in [0.25, 0.3) is 6.43 Å². The van der Waals surface area contributed by atoms with Crippen LogP contribution in [0.5, 0.6) is 0 Å². The summed E-state index contributed by atoms with van der Waals surface area (Å²) in [4.78, 5) is 13.3. The van der Waals surface area contributed by atoms with Crippen molar-refractivity contribution in [2.45, 2.75) is 44.2 Å². The quantitative estimate of drug-likeness (QED) is 0.802. The fourth-order valence-corrected chi connectivity index (χ4v) is 4.23. The number of alkyl halides is 2. The molecule has 4 rings (SSSR count). The second kappa shape index (κ2) is 7.94. The number of halogens is 2. The molecular weight excluding hydrogens is 378 g/mol. The molecule has 0 spiro atoms. The molecule has 8 heteroatoms. The van der Waals surface area contributed by atoms with Gasteiger partial charge < -0.3 is 15.7 Å². The largest absolute Gasteiger partial charge is 0.396 e. The lowest BCUT2D eigenvalue weighted by molar-refractivity contribution is -0.118.